The van der Waals surface area contributed by atoms with Crippen molar-refractivity contribution in [1.82, 2.24) is 5.32 Å². The van der Waals surface area contributed by atoms with Crippen molar-refractivity contribution in [2.75, 3.05) is 7.05 Å². The third-order valence-electron chi connectivity index (χ3n) is 6.56. The van der Waals surface area contributed by atoms with E-state index in [0.29, 0.717) is 17.6 Å². The molecule has 0 saturated heterocycles. The van der Waals surface area contributed by atoms with E-state index < -0.39 is 46.7 Å². The minimum absolute atomic E-state index is 0.0580. The van der Waals surface area contributed by atoms with E-state index in [4.69, 9.17) is 5.73 Å². The average Bonchev–Trinajstić information content (AvgIpc) is 2.65. The molecule has 6 N–H and O–H groups in total. The summed E-state index contributed by atoms with van der Waals surface area (Å²) in [7, 11) is 1.62. The van der Waals surface area contributed by atoms with Gasteiger partial charge in [0.1, 0.15) is 11.5 Å². The number of carbonyl (C=O) groups excluding carboxylic acids is 3. The third-order valence-corrected chi connectivity index (χ3v) is 6.56. The maximum absolute atomic E-state index is 13.1. The summed E-state index contributed by atoms with van der Waals surface area (Å²) in [6.07, 6.45) is 0.606. The van der Waals surface area contributed by atoms with Crippen LogP contribution in [0.5, 0.6) is 5.75 Å². The lowest BCUT2D eigenvalue weighted by atomic mass is 9.58. The molecule has 3 aliphatic carbocycles. The highest BCUT2D eigenvalue weighted by Crippen LogP contribution is 2.51. The van der Waals surface area contributed by atoms with Crippen molar-refractivity contribution in [1.29, 1.82) is 0 Å². The molecule has 4 rings (SSSR count). The van der Waals surface area contributed by atoms with E-state index in [1.165, 1.54) is 6.07 Å². The molecule has 4 atom stereocenters. The van der Waals surface area contributed by atoms with Gasteiger partial charge < -0.3 is 26.4 Å². The number of aliphatic hydroxyl groups is 2. The molecule has 29 heavy (non-hydrogen) atoms. The number of likely N-dealkylation sites (N-methyl/N-ethyl adjacent to an activating group) is 1. The number of rotatable bonds is 2. The zero-order valence-corrected chi connectivity index (χ0v) is 16.0. The van der Waals surface area contributed by atoms with E-state index in [2.05, 4.69) is 5.32 Å². The van der Waals surface area contributed by atoms with Crippen LogP contribution in [0.4, 0.5) is 0 Å². The standard InChI is InChI=1S/C21H22N2O6/c1-8-13(20(22)28)18(26)21(29)11(16(8)23-2)7-10-6-9-4-3-5-12(24)14(9)17(25)15(10)19(21)27/h3-5,10-11,16,23-24,27,29H,6-7H2,1-2H3,(H2,22,28)/t10-,11-,16+,21+/m0/s1. The predicted molar refractivity (Wildman–Crippen MR) is 102 cm³/mol. The van der Waals surface area contributed by atoms with E-state index in [9.17, 15) is 29.7 Å². The zero-order valence-electron chi connectivity index (χ0n) is 16.0. The van der Waals surface area contributed by atoms with Gasteiger partial charge in [0.25, 0.3) is 5.91 Å². The molecule has 1 aromatic rings. The Bertz CT molecular complexity index is 1040. The van der Waals surface area contributed by atoms with Gasteiger partial charge in [-0.1, -0.05) is 12.1 Å². The molecular formula is C21H22N2O6. The molecule has 0 unspecified atom stereocenters. The van der Waals surface area contributed by atoms with E-state index in [1.54, 1.807) is 26.1 Å². The number of phenols is 1. The summed E-state index contributed by atoms with van der Waals surface area (Å²) in [6, 6.07) is 4.15. The SMILES string of the molecule is CN[C@@H]1C(C)=C(C(N)=O)C(=O)[C@@]2(O)C(O)=C3C(=O)c4c(O)cccc4C[C@H]3C[C@@H]12. The van der Waals surface area contributed by atoms with Crippen LogP contribution in [0.1, 0.15) is 29.3 Å². The van der Waals surface area contributed by atoms with Crippen LogP contribution in [-0.4, -0.2) is 51.5 Å². The molecule has 0 spiro atoms. The molecule has 152 valence electrons. The Balaban J connectivity index is 1.95. The molecule has 0 saturated carbocycles. The molecule has 0 bridgehead atoms. The number of phenolic OH excluding ortho intramolecular Hbond substituents is 1. The van der Waals surface area contributed by atoms with Gasteiger partial charge in [0.2, 0.25) is 5.78 Å². The minimum Gasteiger partial charge on any atom is -0.508 e. The Morgan fingerprint density at radius 2 is 1.97 bits per heavy atom. The lowest BCUT2D eigenvalue weighted by molar-refractivity contribution is -0.144. The average molecular weight is 398 g/mol. The Morgan fingerprint density at radius 3 is 2.59 bits per heavy atom. The minimum atomic E-state index is -2.44. The highest BCUT2D eigenvalue weighted by atomic mass is 16.3. The normalized spacial score (nSPS) is 31.3. The Hall–Kier alpha value is -2.97. The fourth-order valence-corrected chi connectivity index (χ4v) is 5.27. The number of allylic oxidation sites excluding steroid dienone is 1. The third kappa shape index (κ3) is 2.36. The summed E-state index contributed by atoms with van der Waals surface area (Å²) in [4.78, 5) is 38.1. The Labute approximate surface area is 166 Å². The van der Waals surface area contributed by atoms with Crippen LogP contribution >= 0.6 is 0 Å². The summed E-state index contributed by atoms with van der Waals surface area (Å²) in [5.74, 6) is -4.83. The van der Waals surface area contributed by atoms with E-state index >= 15 is 0 Å². The van der Waals surface area contributed by atoms with Crippen molar-refractivity contribution in [3.8, 4) is 5.75 Å². The zero-order chi connectivity index (χ0) is 21.2. The monoisotopic (exact) mass is 398 g/mol. The molecule has 0 heterocycles. The second-order valence-electron chi connectivity index (χ2n) is 7.93. The second kappa shape index (κ2) is 6.27. The first kappa shape index (κ1) is 19.4. The van der Waals surface area contributed by atoms with Gasteiger partial charge in [0, 0.05) is 17.5 Å². The fourth-order valence-electron chi connectivity index (χ4n) is 5.27. The van der Waals surface area contributed by atoms with Crippen LogP contribution in [0.25, 0.3) is 0 Å². The van der Waals surface area contributed by atoms with Crippen molar-refractivity contribution < 1.29 is 29.7 Å². The van der Waals surface area contributed by atoms with Crippen molar-refractivity contribution >= 4 is 17.5 Å². The number of primary amides is 1. The molecule has 0 radical (unpaired) electrons. The Kier molecular flexibility index (Phi) is 4.18. The van der Waals surface area contributed by atoms with Crippen LogP contribution < -0.4 is 11.1 Å². The van der Waals surface area contributed by atoms with Crippen LogP contribution in [0.15, 0.2) is 40.7 Å². The van der Waals surface area contributed by atoms with Crippen LogP contribution in [0, 0.1) is 11.8 Å². The topological polar surface area (TPSA) is 150 Å². The van der Waals surface area contributed by atoms with Crippen LogP contribution in [-0.2, 0) is 16.0 Å². The van der Waals surface area contributed by atoms with Gasteiger partial charge in [-0.25, -0.2) is 0 Å². The number of benzene rings is 1. The molecular weight excluding hydrogens is 376 g/mol. The summed E-state index contributed by atoms with van der Waals surface area (Å²) in [5, 5.41) is 35.6. The van der Waals surface area contributed by atoms with Crippen molar-refractivity contribution in [3.05, 3.63) is 51.8 Å². The van der Waals surface area contributed by atoms with Crippen LogP contribution in [0.2, 0.25) is 0 Å². The predicted octanol–water partition coefficient (Wildman–Crippen LogP) is 0.283. The van der Waals surface area contributed by atoms with Gasteiger partial charge in [-0.2, -0.15) is 0 Å². The second-order valence-corrected chi connectivity index (χ2v) is 7.93. The van der Waals surface area contributed by atoms with Gasteiger partial charge in [-0.3, -0.25) is 14.4 Å². The number of Topliss-reactive ketones (excluding diaryl/α,β-unsaturated/α-hetero) is 2. The number of hydrogen-bond acceptors (Lipinski definition) is 7. The number of nitrogens with one attached hydrogen (secondary N) is 1. The molecule has 0 aliphatic heterocycles. The summed E-state index contributed by atoms with van der Waals surface area (Å²) < 4.78 is 0. The molecule has 3 aliphatic rings. The summed E-state index contributed by atoms with van der Waals surface area (Å²) in [6.45, 7) is 1.59. The number of carbonyl (C=O) groups is 3. The van der Waals surface area contributed by atoms with Gasteiger partial charge >= 0.3 is 0 Å². The van der Waals surface area contributed by atoms with E-state index in [1.807, 2.05) is 0 Å². The number of aliphatic hydroxyl groups excluding tert-OH is 1. The number of aromatic hydroxyl groups is 1. The first-order valence-corrected chi connectivity index (χ1v) is 9.38. The van der Waals surface area contributed by atoms with Gasteiger partial charge in [0.05, 0.1) is 11.1 Å². The first-order chi connectivity index (χ1) is 13.6. The van der Waals surface area contributed by atoms with E-state index in [0.717, 1.165) is 0 Å². The number of hydrogen-bond donors (Lipinski definition) is 5. The molecule has 0 aromatic heterocycles. The van der Waals surface area contributed by atoms with E-state index in [-0.39, 0.29) is 28.9 Å². The Morgan fingerprint density at radius 1 is 1.28 bits per heavy atom. The quantitative estimate of drug-likeness (QED) is 0.449. The van der Waals surface area contributed by atoms with Gasteiger partial charge in [-0.05, 0) is 49.9 Å². The summed E-state index contributed by atoms with van der Waals surface area (Å²) >= 11 is 0. The maximum Gasteiger partial charge on any atom is 0.252 e. The lowest BCUT2D eigenvalue weighted by Crippen LogP contribution is -2.63. The van der Waals surface area contributed by atoms with Crippen molar-refractivity contribution in [2.24, 2.45) is 17.6 Å². The number of fused-ring (bicyclic) bond motifs is 3. The molecule has 0 fully saturated rings. The highest BCUT2D eigenvalue weighted by molar-refractivity contribution is 6.25. The molecule has 8 nitrogen and oxygen atoms in total. The lowest BCUT2D eigenvalue weighted by Gasteiger charge is -2.49. The molecule has 8 heteroatoms. The van der Waals surface area contributed by atoms with Crippen molar-refractivity contribution in [2.45, 2.75) is 31.4 Å². The maximum atomic E-state index is 13.1. The first-order valence-electron chi connectivity index (χ1n) is 9.38. The highest BCUT2D eigenvalue weighted by Gasteiger charge is 2.61. The fraction of sp³-hybridized carbons (Fsp3) is 0.381. The van der Waals surface area contributed by atoms with Crippen molar-refractivity contribution in [3.63, 3.8) is 0 Å². The largest absolute Gasteiger partial charge is 0.508 e. The smallest absolute Gasteiger partial charge is 0.252 e. The number of ketones is 2. The number of nitrogens with two attached hydrogens (primary N) is 1. The number of amides is 1. The summed E-state index contributed by atoms with van der Waals surface area (Å²) in [5.41, 5.74) is 3.57. The molecule has 1 aromatic carbocycles. The van der Waals surface area contributed by atoms with Gasteiger partial charge in [0.15, 0.2) is 11.4 Å². The van der Waals surface area contributed by atoms with Crippen LogP contribution in [0.3, 0.4) is 0 Å². The van der Waals surface area contributed by atoms with Gasteiger partial charge in [-0.15, -0.1) is 0 Å². The molecule has 1 amide bonds.